The molecule has 15 aromatic rings. The zero-order valence-corrected chi connectivity index (χ0v) is 54.7. The largest absolute Gasteiger partial charge is 0.238 e. The molecule has 0 spiro atoms. The molecule has 2 heterocycles. The fourth-order valence-electron chi connectivity index (χ4n) is 14.3. The lowest BCUT2D eigenvalue weighted by Gasteiger charge is -2.22. The summed E-state index contributed by atoms with van der Waals surface area (Å²) < 4.78 is 0. The number of fused-ring (bicyclic) bond motifs is 7. The predicted octanol–water partition coefficient (Wildman–Crippen LogP) is 24.5. The summed E-state index contributed by atoms with van der Waals surface area (Å²) in [6.07, 6.45) is 0. The SMILES string of the molecule is [C-]#[N+]c1ccc2c(c1)-c1ccc(-c3ccc(-c4ccc(-c5cc(-c6ccccc6)nc(-c6cccc7ccccc67)n5)cc4)cc3)cc1C2(C)C.[C-]#[N+]c1ccc2c(c1)-c1ccc(-c3ccc(-c4ccc(-c5cc(-c6ccccc6)nc(-c6ccccc6)n5)cc4)cc3)cc1C2(C)C. The van der Waals surface area contributed by atoms with Crippen LogP contribution in [0.4, 0.5) is 11.4 Å². The maximum absolute atomic E-state index is 7.48. The van der Waals surface area contributed by atoms with Gasteiger partial charge in [-0.2, -0.15) is 0 Å². The van der Waals surface area contributed by atoms with Gasteiger partial charge in [0.05, 0.1) is 35.9 Å². The third-order valence-corrected chi connectivity index (χ3v) is 19.7. The Morgan fingerprint density at radius 2 is 0.561 bits per heavy atom. The van der Waals surface area contributed by atoms with E-state index in [1.165, 1.54) is 77.7 Å². The summed E-state index contributed by atoms with van der Waals surface area (Å²) in [5, 5.41) is 2.31. The standard InChI is InChI=1S/C48H33N3.C44H31N3/c1-48(2)43-27-25-38(49-3)29-42(43)40-26-24-37(28-44(40)48)33-18-16-31(17-19-33)32-20-22-36(23-21-32)46-30-45(35-11-5-4-6-12-35)50-47(51-46)41-15-9-13-34-10-7-8-14-39(34)41;1-44(2)39-25-23-36(45-3)27-38(39)37-24-22-35(26-40(37)44)31-16-14-29(15-17-31)30-18-20-33(21-19-30)42-28-41(32-10-6-4-7-11-32)46-43(47-42)34-12-8-5-9-13-34/h4-30H,1-2H3;4-28H,1-2H3. The molecule has 6 nitrogen and oxygen atoms in total. The van der Waals surface area contributed by atoms with Gasteiger partial charge < -0.3 is 0 Å². The Labute approximate surface area is 572 Å². The average Bonchev–Trinajstić information content (AvgIpc) is 1.57. The van der Waals surface area contributed by atoms with Crippen molar-refractivity contribution in [1.29, 1.82) is 0 Å². The molecule has 0 aliphatic heterocycles. The molecular formula is C92H64N6. The Hall–Kier alpha value is -12.7. The smallest absolute Gasteiger partial charge is 0.187 e. The van der Waals surface area contributed by atoms with Crippen molar-refractivity contribution >= 4 is 22.1 Å². The first-order valence-electron chi connectivity index (χ1n) is 33.1. The van der Waals surface area contributed by atoms with Crippen LogP contribution in [0.2, 0.25) is 0 Å². The van der Waals surface area contributed by atoms with Gasteiger partial charge in [-0.15, -0.1) is 0 Å². The molecule has 0 saturated heterocycles. The Morgan fingerprint density at radius 3 is 0.969 bits per heavy atom. The molecule has 0 amide bonds. The lowest BCUT2D eigenvalue weighted by molar-refractivity contribution is 0.660. The first-order valence-corrected chi connectivity index (χ1v) is 33.1. The molecule has 0 atom stereocenters. The van der Waals surface area contributed by atoms with Gasteiger partial charge >= 0.3 is 0 Å². The Balaban J connectivity index is 0.000000154. The van der Waals surface area contributed by atoms with E-state index in [0.717, 1.165) is 84.1 Å². The number of hydrogen-bond acceptors (Lipinski definition) is 4. The molecule has 0 N–H and O–H groups in total. The van der Waals surface area contributed by atoms with Crippen molar-refractivity contribution in [3.63, 3.8) is 0 Å². The van der Waals surface area contributed by atoms with Crippen LogP contribution in [0.3, 0.4) is 0 Å². The van der Waals surface area contributed by atoms with Crippen LogP contribution in [0.1, 0.15) is 49.9 Å². The van der Waals surface area contributed by atoms with E-state index in [-0.39, 0.29) is 10.8 Å². The van der Waals surface area contributed by atoms with Crippen molar-refractivity contribution in [1.82, 2.24) is 19.9 Å². The quantitative estimate of drug-likeness (QED) is 0.128. The predicted molar refractivity (Wildman–Crippen MR) is 404 cm³/mol. The zero-order chi connectivity index (χ0) is 66.5. The van der Waals surface area contributed by atoms with Gasteiger partial charge in [-0.05, 0) is 136 Å². The normalized spacial score (nSPS) is 12.6. The van der Waals surface area contributed by atoms with Gasteiger partial charge in [0.15, 0.2) is 23.0 Å². The van der Waals surface area contributed by atoms with Crippen LogP contribution >= 0.6 is 0 Å². The van der Waals surface area contributed by atoms with Gasteiger partial charge in [0.2, 0.25) is 0 Å². The number of nitrogens with zero attached hydrogens (tertiary/aromatic N) is 6. The number of aromatic nitrogens is 4. The fourth-order valence-corrected chi connectivity index (χ4v) is 14.3. The van der Waals surface area contributed by atoms with E-state index in [9.17, 15) is 0 Å². The van der Waals surface area contributed by atoms with Crippen LogP contribution in [0.5, 0.6) is 0 Å². The number of hydrogen-bond donors (Lipinski definition) is 0. The molecule has 17 rings (SSSR count). The molecule has 13 aromatic carbocycles. The van der Waals surface area contributed by atoms with Crippen LogP contribution in [-0.4, -0.2) is 19.9 Å². The molecule has 0 fully saturated rings. The summed E-state index contributed by atoms with van der Waals surface area (Å²) >= 11 is 0. The van der Waals surface area contributed by atoms with Crippen molar-refractivity contribution in [3.8, 4) is 135 Å². The molecule has 2 aliphatic rings. The summed E-state index contributed by atoms with van der Waals surface area (Å²) in [7, 11) is 0. The minimum atomic E-state index is -0.121. The lowest BCUT2D eigenvalue weighted by atomic mass is 9.81. The molecule has 2 aliphatic carbocycles. The van der Waals surface area contributed by atoms with Crippen molar-refractivity contribution in [3.05, 3.63) is 361 Å². The third-order valence-electron chi connectivity index (χ3n) is 19.7. The van der Waals surface area contributed by atoms with E-state index < -0.39 is 0 Å². The van der Waals surface area contributed by atoms with Gasteiger partial charge in [-0.3, -0.25) is 0 Å². The van der Waals surface area contributed by atoms with Crippen molar-refractivity contribution in [2.75, 3.05) is 0 Å². The Bertz CT molecular complexity index is 5590. The summed E-state index contributed by atoms with van der Waals surface area (Å²) in [5.41, 5.74) is 30.3. The molecule has 462 valence electrons. The van der Waals surface area contributed by atoms with Crippen LogP contribution in [0.25, 0.3) is 155 Å². The first-order chi connectivity index (χ1) is 47.9. The maximum Gasteiger partial charge on any atom is 0.187 e. The highest BCUT2D eigenvalue weighted by Crippen LogP contribution is 2.52. The molecule has 0 unspecified atom stereocenters. The second-order valence-electron chi connectivity index (χ2n) is 26.3. The van der Waals surface area contributed by atoms with Crippen molar-refractivity contribution in [2.45, 2.75) is 38.5 Å². The highest BCUT2D eigenvalue weighted by atomic mass is 14.9. The van der Waals surface area contributed by atoms with Gasteiger partial charge in [0.25, 0.3) is 0 Å². The van der Waals surface area contributed by atoms with E-state index >= 15 is 0 Å². The second kappa shape index (κ2) is 24.9. The van der Waals surface area contributed by atoms with Crippen molar-refractivity contribution < 1.29 is 0 Å². The highest BCUT2D eigenvalue weighted by molar-refractivity contribution is 5.96. The molecule has 0 bridgehead atoms. The molecule has 0 radical (unpaired) electrons. The third kappa shape index (κ3) is 11.2. The van der Waals surface area contributed by atoms with Crippen molar-refractivity contribution in [2.24, 2.45) is 0 Å². The van der Waals surface area contributed by atoms with Gasteiger partial charge in [0, 0.05) is 44.2 Å². The molecule has 0 saturated carbocycles. The zero-order valence-electron chi connectivity index (χ0n) is 54.7. The van der Waals surface area contributed by atoms with Crippen LogP contribution < -0.4 is 0 Å². The molecule has 2 aromatic heterocycles. The van der Waals surface area contributed by atoms with Crippen LogP contribution in [-0.2, 0) is 10.8 Å². The monoisotopic (exact) mass is 1250 g/mol. The Morgan fingerprint density at radius 1 is 0.235 bits per heavy atom. The van der Waals surface area contributed by atoms with E-state index in [0.29, 0.717) is 17.2 Å². The minimum absolute atomic E-state index is 0.115. The summed E-state index contributed by atoms with van der Waals surface area (Å²) in [6.45, 7) is 24.0. The van der Waals surface area contributed by atoms with Gasteiger partial charge in [0.1, 0.15) is 0 Å². The average molecular weight is 1250 g/mol. The number of benzene rings is 13. The van der Waals surface area contributed by atoms with Gasteiger partial charge in [-0.1, -0.05) is 307 Å². The Kier molecular flexibility index (Phi) is 15.3. The van der Waals surface area contributed by atoms with E-state index in [1.807, 2.05) is 78.9 Å². The van der Waals surface area contributed by atoms with E-state index in [1.54, 1.807) is 0 Å². The fraction of sp³-hybridized carbons (Fsp3) is 0.0652. The topological polar surface area (TPSA) is 60.3 Å². The molecular weight excluding hydrogens is 1190 g/mol. The van der Waals surface area contributed by atoms with Crippen LogP contribution in [0.15, 0.2) is 315 Å². The molecule has 98 heavy (non-hydrogen) atoms. The van der Waals surface area contributed by atoms with E-state index in [2.05, 4.69) is 274 Å². The summed E-state index contributed by atoms with van der Waals surface area (Å²) in [6, 6.07) is 110. The van der Waals surface area contributed by atoms with E-state index in [4.69, 9.17) is 33.1 Å². The summed E-state index contributed by atoms with van der Waals surface area (Å²) in [4.78, 5) is 27.4. The van der Waals surface area contributed by atoms with Gasteiger partial charge in [-0.25, -0.2) is 29.6 Å². The second-order valence-corrected chi connectivity index (χ2v) is 26.3. The first kappa shape index (κ1) is 60.2. The minimum Gasteiger partial charge on any atom is -0.238 e. The summed E-state index contributed by atoms with van der Waals surface area (Å²) in [5.74, 6) is 1.43. The maximum atomic E-state index is 7.48. The van der Waals surface area contributed by atoms with Crippen LogP contribution in [0, 0.1) is 13.1 Å². The highest BCUT2D eigenvalue weighted by Gasteiger charge is 2.37. The number of rotatable bonds is 10. The molecule has 6 heteroatoms. The lowest BCUT2D eigenvalue weighted by Crippen LogP contribution is -2.14.